The Morgan fingerprint density at radius 3 is 2.63 bits per heavy atom. The van der Waals surface area contributed by atoms with Gasteiger partial charge < -0.3 is 15.3 Å². The SMILES string of the molecule is O=C(O)CCNC(=O)N1CCN(Cc2ccc(-c3cccc(F)c3)s2)CC1. The molecule has 2 amide bonds. The molecule has 1 saturated heterocycles. The lowest BCUT2D eigenvalue weighted by Crippen LogP contribution is -2.51. The Balaban J connectivity index is 1.47. The Morgan fingerprint density at radius 2 is 1.93 bits per heavy atom. The molecule has 1 aliphatic heterocycles. The number of rotatable bonds is 6. The lowest BCUT2D eigenvalue weighted by atomic mass is 10.2. The number of carbonyl (C=O) groups excluding carboxylic acids is 1. The third kappa shape index (κ3) is 5.51. The predicted molar refractivity (Wildman–Crippen MR) is 102 cm³/mol. The van der Waals surface area contributed by atoms with Crippen LogP contribution >= 0.6 is 11.3 Å². The van der Waals surface area contributed by atoms with Crippen LogP contribution in [0.3, 0.4) is 0 Å². The number of carboxylic acids is 1. The monoisotopic (exact) mass is 391 g/mol. The van der Waals surface area contributed by atoms with Crippen molar-refractivity contribution in [1.82, 2.24) is 15.1 Å². The first-order chi connectivity index (χ1) is 13.0. The fourth-order valence-corrected chi connectivity index (χ4v) is 4.02. The number of thiophene rings is 1. The molecule has 0 radical (unpaired) electrons. The summed E-state index contributed by atoms with van der Waals surface area (Å²) in [5, 5.41) is 11.2. The number of carbonyl (C=O) groups is 2. The van der Waals surface area contributed by atoms with Crippen LogP contribution in [0.5, 0.6) is 0 Å². The highest BCUT2D eigenvalue weighted by molar-refractivity contribution is 7.15. The molecule has 0 aliphatic carbocycles. The normalized spacial score (nSPS) is 14.9. The van der Waals surface area contributed by atoms with Gasteiger partial charge in [-0.25, -0.2) is 9.18 Å². The molecular weight excluding hydrogens is 369 g/mol. The van der Waals surface area contributed by atoms with Crippen LogP contribution in [-0.4, -0.2) is 59.6 Å². The van der Waals surface area contributed by atoms with E-state index in [1.165, 1.54) is 17.0 Å². The fourth-order valence-electron chi connectivity index (χ4n) is 2.98. The van der Waals surface area contributed by atoms with Crippen LogP contribution in [0.25, 0.3) is 10.4 Å². The van der Waals surface area contributed by atoms with E-state index in [2.05, 4.69) is 16.3 Å². The first-order valence-electron chi connectivity index (χ1n) is 8.83. The second kappa shape index (κ2) is 8.96. The molecule has 6 nitrogen and oxygen atoms in total. The molecule has 0 spiro atoms. The van der Waals surface area contributed by atoms with Crippen molar-refractivity contribution in [3.05, 3.63) is 47.1 Å². The second-order valence-corrected chi connectivity index (χ2v) is 7.58. The van der Waals surface area contributed by atoms with Gasteiger partial charge in [0.2, 0.25) is 0 Å². The molecule has 144 valence electrons. The maximum atomic E-state index is 13.4. The number of urea groups is 1. The van der Waals surface area contributed by atoms with Crippen LogP contribution < -0.4 is 5.32 Å². The molecule has 8 heteroatoms. The summed E-state index contributed by atoms with van der Waals surface area (Å²) >= 11 is 1.65. The van der Waals surface area contributed by atoms with Crippen LogP contribution in [0, 0.1) is 5.82 Å². The molecule has 3 rings (SSSR count). The molecule has 1 aliphatic rings. The first-order valence-corrected chi connectivity index (χ1v) is 9.64. The smallest absolute Gasteiger partial charge is 0.317 e. The van der Waals surface area contributed by atoms with Crippen molar-refractivity contribution in [2.45, 2.75) is 13.0 Å². The van der Waals surface area contributed by atoms with Gasteiger partial charge in [0.25, 0.3) is 0 Å². The van der Waals surface area contributed by atoms with Crippen LogP contribution in [0.15, 0.2) is 36.4 Å². The summed E-state index contributed by atoms with van der Waals surface area (Å²) in [7, 11) is 0. The van der Waals surface area contributed by atoms with Gasteiger partial charge in [-0.05, 0) is 29.8 Å². The van der Waals surface area contributed by atoms with Crippen molar-refractivity contribution in [3.63, 3.8) is 0 Å². The van der Waals surface area contributed by atoms with Crippen molar-refractivity contribution in [2.75, 3.05) is 32.7 Å². The summed E-state index contributed by atoms with van der Waals surface area (Å²) < 4.78 is 13.4. The number of hydrogen-bond acceptors (Lipinski definition) is 4. The summed E-state index contributed by atoms with van der Waals surface area (Å²) in [5.41, 5.74) is 0.883. The minimum atomic E-state index is -0.923. The summed E-state index contributed by atoms with van der Waals surface area (Å²) in [6, 6.07) is 10.5. The quantitative estimate of drug-likeness (QED) is 0.794. The first kappa shape index (κ1) is 19.3. The summed E-state index contributed by atoms with van der Waals surface area (Å²) in [4.78, 5) is 28.7. The van der Waals surface area contributed by atoms with Gasteiger partial charge in [-0.2, -0.15) is 0 Å². The van der Waals surface area contributed by atoms with Crippen molar-refractivity contribution < 1.29 is 19.1 Å². The lowest BCUT2D eigenvalue weighted by molar-refractivity contribution is -0.136. The van der Waals surface area contributed by atoms with Crippen LogP contribution in [0.2, 0.25) is 0 Å². The van der Waals surface area contributed by atoms with E-state index in [0.717, 1.165) is 30.1 Å². The number of halogens is 1. The molecule has 2 heterocycles. The standard InChI is InChI=1S/C19H22FN3O3S/c20-15-3-1-2-14(12-15)17-5-4-16(27-17)13-22-8-10-23(11-9-22)19(26)21-7-6-18(24)25/h1-5,12H,6-11,13H2,(H,21,26)(H,24,25). The maximum Gasteiger partial charge on any atom is 0.317 e. The third-order valence-electron chi connectivity index (χ3n) is 4.42. The average molecular weight is 391 g/mol. The van der Waals surface area contributed by atoms with Crippen molar-refractivity contribution >= 4 is 23.3 Å². The van der Waals surface area contributed by atoms with E-state index in [1.807, 2.05) is 12.1 Å². The zero-order chi connectivity index (χ0) is 19.2. The van der Waals surface area contributed by atoms with Gasteiger partial charge in [0.15, 0.2) is 0 Å². The second-order valence-electron chi connectivity index (χ2n) is 6.42. The number of nitrogens with zero attached hydrogens (tertiary/aromatic N) is 2. The molecule has 2 aromatic rings. The minimum Gasteiger partial charge on any atom is -0.481 e. The fraction of sp³-hybridized carbons (Fsp3) is 0.368. The minimum absolute atomic E-state index is 0.0717. The number of benzene rings is 1. The Labute approximate surface area is 161 Å². The van der Waals surface area contributed by atoms with E-state index in [9.17, 15) is 14.0 Å². The molecule has 1 fully saturated rings. The summed E-state index contributed by atoms with van der Waals surface area (Å²) in [5.74, 6) is -1.16. The van der Waals surface area contributed by atoms with E-state index in [1.54, 1.807) is 22.3 Å². The van der Waals surface area contributed by atoms with Gasteiger partial charge in [0.1, 0.15) is 5.82 Å². The topological polar surface area (TPSA) is 72.9 Å². The number of amides is 2. The zero-order valence-electron chi connectivity index (χ0n) is 14.9. The van der Waals surface area contributed by atoms with E-state index >= 15 is 0 Å². The Kier molecular flexibility index (Phi) is 6.41. The molecule has 0 bridgehead atoms. The Morgan fingerprint density at radius 1 is 1.15 bits per heavy atom. The van der Waals surface area contributed by atoms with E-state index < -0.39 is 5.97 Å². The highest BCUT2D eigenvalue weighted by Gasteiger charge is 2.21. The van der Waals surface area contributed by atoms with Gasteiger partial charge in [0.05, 0.1) is 6.42 Å². The highest BCUT2D eigenvalue weighted by Crippen LogP contribution is 2.29. The predicted octanol–water partition coefficient (Wildman–Crippen LogP) is 2.86. The number of carboxylic acid groups (broad SMARTS) is 1. The number of piperazine rings is 1. The molecule has 27 heavy (non-hydrogen) atoms. The number of aliphatic carboxylic acids is 1. The number of nitrogens with one attached hydrogen (secondary N) is 1. The van der Waals surface area contributed by atoms with E-state index in [-0.39, 0.29) is 24.8 Å². The molecule has 0 atom stereocenters. The molecule has 1 aromatic heterocycles. The van der Waals surface area contributed by atoms with Crippen LogP contribution in [-0.2, 0) is 11.3 Å². The van der Waals surface area contributed by atoms with Gasteiger partial charge in [-0.15, -0.1) is 11.3 Å². The van der Waals surface area contributed by atoms with Gasteiger partial charge >= 0.3 is 12.0 Å². The molecule has 0 saturated carbocycles. The average Bonchev–Trinajstić information content (AvgIpc) is 3.10. The third-order valence-corrected chi connectivity index (χ3v) is 5.54. The molecule has 0 unspecified atom stereocenters. The molecule has 1 aromatic carbocycles. The van der Waals surface area contributed by atoms with Gasteiger partial charge in [-0.1, -0.05) is 12.1 Å². The van der Waals surface area contributed by atoms with Crippen LogP contribution in [0.4, 0.5) is 9.18 Å². The van der Waals surface area contributed by atoms with Gasteiger partial charge in [-0.3, -0.25) is 9.69 Å². The van der Waals surface area contributed by atoms with Crippen LogP contribution in [0.1, 0.15) is 11.3 Å². The van der Waals surface area contributed by atoms with E-state index in [4.69, 9.17) is 5.11 Å². The maximum absolute atomic E-state index is 13.4. The van der Waals surface area contributed by atoms with Crippen molar-refractivity contribution in [3.8, 4) is 10.4 Å². The summed E-state index contributed by atoms with van der Waals surface area (Å²) in [6.07, 6.45) is -0.0717. The Bertz CT molecular complexity index is 803. The highest BCUT2D eigenvalue weighted by atomic mass is 32.1. The lowest BCUT2D eigenvalue weighted by Gasteiger charge is -2.34. The van der Waals surface area contributed by atoms with Crippen molar-refractivity contribution in [2.24, 2.45) is 0 Å². The summed E-state index contributed by atoms with van der Waals surface area (Å²) in [6.45, 7) is 3.70. The zero-order valence-corrected chi connectivity index (χ0v) is 15.7. The van der Waals surface area contributed by atoms with E-state index in [0.29, 0.717) is 13.1 Å². The Hall–Kier alpha value is -2.45. The number of hydrogen-bond donors (Lipinski definition) is 2. The van der Waals surface area contributed by atoms with Gasteiger partial charge in [0, 0.05) is 49.0 Å². The molecule has 2 N–H and O–H groups in total. The molecular formula is C19H22FN3O3S. The largest absolute Gasteiger partial charge is 0.481 e. The van der Waals surface area contributed by atoms with Crippen molar-refractivity contribution in [1.29, 1.82) is 0 Å².